The molecule has 1 aromatic heterocycles. The van der Waals surface area contributed by atoms with Crippen LogP contribution in [0.25, 0.3) is 22.0 Å². The van der Waals surface area contributed by atoms with Crippen LogP contribution >= 0.6 is 0 Å². The number of rotatable bonds is 5. The van der Waals surface area contributed by atoms with Crippen molar-refractivity contribution in [2.45, 2.75) is 0 Å². The van der Waals surface area contributed by atoms with Crippen LogP contribution in [0.5, 0.6) is 0 Å². The van der Waals surface area contributed by atoms with Gasteiger partial charge in [-0.25, -0.2) is 4.39 Å². The Morgan fingerprint density at radius 2 is 1.65 bits per heavy atom. The summed E-state index contributed by atoms with van der Waals surface area (Å²) in [6.07, 6.45) is 0. The van der Waals surface area contributed by atoms with Gasteiger partial charge in [0.05, 0.1) is 17.7 Å². The number of piperazine rings is 1. The fraction of sp³-hybridized carbons (Fsp3) is 0.185. The first-order chi connectivity index (χ1) is 16.6. The molecule has 34 heavy (non-hydrogen) atoms. The van der Waals surface area contributed by atoms with E-state index in [9.17, 15) is 14.0 Å². The molecule has 0 spiro atoms. The third kappa shape index (κ3) is 4.70. The maximum absolute atomic E-state index is 13.1. The zero-order valence-electron chi connectivity index (χ0n) is 18.6. The maximum Gasteiger partial charge on any atom is 0.250 e. The summed E-state index contributed by atoms with van der Waals surface area (Å²) in [5, 5.41) is 3.81. The lowest BCUT2D eigenvalue weighted by Crippen LogP contribution is -2.49. The fourth-order valence-electron chi connectivity index (χ4n) is 4.47. The van der Waals surface area contributed by atoms with Crippen molar-refractivity contribution in [1.82, 2.24) is 9.88 Å². The van der Waals surface area contributed by atoms with E-state index in [1.54, 1.807) is 18.2 Å². The van der Waals surface area contributed by atoms with E-state index in [0.717, 1.165) is 27.7 Å². The Morgan fingerprint density at radius 1 is 0.912 bits per heavy atom. The Kier molecular flexibility index (Phi) is 6.10. The van der Waals surface area contributed by atoms with E-state index >= 15 is 0 Å². The van der Waals surface area contributed by atoms with Crippen molar-refractivity contribution in [2.75, 3.05) is 42.9 Å². The van der Waals surface area contributed by atoms with E-state index < -0.39 is 0 Å². The summed E-state index contributed by atoms with van der Waals surface area (Å²) in [5.74, 6) is -0.466. The lowest BCUT2D eigenvalue weighted by molar-refractivity contribution is -0.117. The number of nitrogens with one attached hydrogen (secondary N) is 2. The van der Waals surface area contributed by atoms with E-state index in [4.69, 9.17) is 0 Å². The molecule has 1 amide bonds. The molecule has 0 unspecified atom stereocenters. The van der Waals surface area contributed by atoms with Crippen LogP contribution in [-0.4, -0.2) is 48.5 Å². The molecule has 2 N–H and O–H groups in total. The molecule has 6 nitrogen and oxygen atoms in total. The van der Waals surface area contributed by atoms with Gasteiger partial charge >= 0.3 is 0 Å². The summed E-state index contributed by atoms with van der Waals surface area (Å²) in [6.45, 7) is 3.07. The van der Waals surface area contributed by atoms with Crippen LogP contribution in [0.3, 0.4) is 0 Å². The van der Waals surface area contributed by atoms with Crippen LogP contribution in [-0.2, 0) is 4.79 Å². The Bertz CT molecular complexity index is 1360. The molecule has 0 atom stereocenters. The number of H-pyrrole nitrogens is 1. The minimum Gasteiger partial charge on any atom is -0.368 e. The molecule has 0 aliphatic carbocycles. The molecule has 2 heterocycles. The van der Waals surface area contributed by atoms with Gasteiger partial charge in [0.1, 0.15) is 5.82 Å². The van der Waals surface area contributed by atoms with E-state index in [0.29, 0.717) is 31.9 Å². The molecule has 7 heteroatoms. The number of pyridine rings is 1. The topological polar surface area (TPSA) is 68.4 Å². The molecule has 0 bridgehead atoms. The molecule has 0 radical (unpaired) electrons. The van der Waals surface area contributed by atoms with Crippen LogP contribution < -0.4 is 15.8 Å². The van der Waals surface area contributed by atoms with E-state index in [1.807, 2.05) is 48.5 Å². The van der Waals surface area contributed by atoms with Crippen molar-refractivity contribution in [2.24, 2.45) is 0 Å². The van der Waals surface area contributed by atoms with E-state index in [1.165, 1.54) is 12.1 Å². The molecule has 0 saturated carbocycles. The second-order valence-corrected chi connectivity index (χ2v) is 8.43. The van der Waals surface area contributed by atoms with Crippen LogP contribution in [0.15, 0.2) is 83.7 Å². The lowest BCUT2D eigenvalue weighted by atomic mass is 10.0. The highest BCUT2D eigenvalue weighted by atomic mass is 19.1. The molecule has 3 aromatic carbocycles. The number of aromatic amines is 1. The Hall–Kier alpha value is -3.97. The smallest absolute Gasteiger partial charge is 0.250 e. The van der Waals surface area contributed by atoms with Gasteiger partial charge in [-0.2, -0.15) is 0 Å². The molecular weight excluding hydrogens is 431 g/mol. The number of halogens is 1. The van der Waals surface area contributed by atoms with Gasteiger partial charge in [-0.05, 0) is 29.8 Å². The van der Waals surface area contributed by atoms with Gasteiger partial charge in [0.2, 0.25) is 5.91 Å². The minimum atomic E-state index is -0.336. The zero-order chi connectivity index (χ0) is 23.5. The zero-order valence-corrected chi connectivity index (χ0v) is 18.6. The van der Waals surface area contributed by atoms with Gasteiger partial charge in [0, 0.05) is 48.9 Å². The third-order valence-electron chi connectivity index (χ3n) is 6.15. The predicted octanol–water partition coefficient (Wildman–Crippen LogP) is 4.09. The number of anilines is 2. The highest BCUT2D eigenvalue weighted by Gasteiger charge is 2.21. The van der Waals surface area contributed by atoms with Gasteiger partial charge < -0.3 is 15.2 Å². The Labute approximate surface area is 196 Å². The highest BCUT2D eigenvalue weighted by Crippen LogP contribution is 2.32. The predicted molar refractivity (Wildman–Crippen MR) is 134 cm³/mol. The number of fused-ring (bicyclic) bond motifs is 1. The van der Waals surface area contributed by atoms with Crippen LogP contribution in [0.4, 0.5) is 15.8 Å². The van der Waals surface area contributed by atoms with Crippen LogP contribution in [0.2, 0.25) is 0 Å². The minimum absolute atomic E-state index is 0.130. The number of aromatic nitrogens is 1. The summed E-state index contributed by atoms with van der Waals surface area (Å²) in [4.78, 5) is 32.3. The number of para-hydroxylation sites is 1. The molecule has 1 saturated heterocycles. The monoisotopic (exact) mass is 456 g/mol. The first-order valence-corrected chi connectivity index (χ1v) is 11.3. The van der Waals surface area contributed by atoms with Crippen molar-refractivity contribution in [1.29, 1.82) is 0 Å². The molecule has 1 aliphatic heterocycles. The van der Waals surface area contributed by atoms with Gasteiger partial charge in [0.25, 0.3) is 5.56 Å². The number of hydrogen-bond acceptors (Lipinski definition) is 4. The number of nitrogens with zero attached hydrogens (tertiary/aromatic N) is 2. The number of hydrogen-bond donors (Lipinski definition) is 2. The molecule has 1 fully saturated rings. The van der Waals surface area contributed by atoms with Gasteiger partial charge in [-0.3, -0.25) is 14.5 Å². The first kappa shape index (κ1) is 21.9. The molecule has 172 valence electrons. The number of carbonyl (C=O) groups is 1. The summed E-state index contributed by atoms with van der Waals surface area (Å²) >= 11 is 0. The van der Waals surface area contributed by atoms with Crippen molar-refractivity contribution in [3.8, 4) is 11.1 Å². The summed E-state index contributed by atoms with van der Waals surface area (Å²) in [6, 6.07) is 23.5. The molecule has 4 aromatic rings. The summed E-state index contributed by atoms with van der Waals surface area (Å²) in [7, 11) is 0. The molecular formula is C27H25FN4O2. The van der Waals surface area contributed by atoms with Crippen molar-refractivity contribution < 1.29 is 9.18 Å². The Balaban J connectivity index is 1.30. The largest absolute Gasteiger partial charge is 0.368 e. The fourth-order valence-corrected chi connectivity index (χ4v) is 4.47. The van der Waals surface area contributed by atoms with E-state index in [2.05, 4.69) is 20.1 Å². The SMILES string of the molecule is O=C(CN1CCN(c2cc(=O)[nH]c3c(-c4ccccc4)cccc23)CC1)Nc1ccc(F)cc1. The second-order valence-electron chi connectivity index (χ2n) is 8.43. The summed E-state index contributed by atoms with van der Waals surface area (Å²) < 4.78 is 13.1. The third-order valence-corrected chi connectivity index (χ3v) is 6.15. The number of benzene rings is 3. The van der Waals surface area contributed by atoms with E-state index in [-0.39, 0.29) is 23.8 Å². The van der Waals surface area contributed by atoms with Crippen molar-refractivity contribution >= 4 is 28.2 Å². The van der Waals surface area contributed by atoms with Gasteiger partial charge in [-0.15, -0.1) is 0 Å². The highest BCUT2D eigenvalue weighted by molar-refractivity contribution is 6.00. The molecule has 1 aliphatic rings. The van der Waals surface area contributed by atoms with Crippen molar-refractivity contribution in [3.05, 3.63) is 95.0 Å². The summed E-state index contributed by atoms with van der Waals surface area (Å²) in [5.41, 5.74) is 4.23. The molecule has 5 rings (SSSR count). The number of amides is 1. The van der Waals surface area contributed by atoms with Crippen LogP contribution in [0.1, 0.15) is 0 Å². The van der Waals surface area contributed by atoms with Gasteiger partial charge in [-0.1, -0.05) is 48.5 Å². The average Bonchev–Trinajstić information content (AvgIpc) is 2.85. The van der Waals surface area contributed by atoms with Gasteiger partial charge in [0.15, 0.2) is 0 Å². The maximum atomic E-state index is 13.1. The Morgan fingerprint density at radius 3 is 2.38 bits per heavy atom. The quantitative estimate of drug-likeness (QED) is 0.475. The second kappa shape index (κ2) is 9.49. The average molecular weight is 457 g/mol. The first-order valence-electron chi connectivity index (χ1n) is 11.3. The standard InChI is InChI=1S/C27H25FN4O2/c28-20-9-11-21(12-10-20)29-26(34)18-31-13-15-32(16-14-31)24-17-25(33)30-27-22(7-4-8-23(24)27)19-5-2-1-3-6-19/h1-12,17H,13-16,18H2,(H,29,34)(H,30,33). The normalized spacial score (nSPS) is 14.3. The number of carbonyl (C=O) groups excluding carboxylic acids is 1. The van der Waals surface area contributed by atoms with Crippen LogP contribution in [0, 0.1) is 5.82 Å². The van der Waals surface area contributed by atoms with Crippen molar-refractivity contribution in [3.63, 3.8) is 0 Å². The lowest BCUT2D eigenvalue weighted by Gasteiger charge is -2.36.